The van der Waals surface area contributed by atoms with Crippen LogP contribution in [0.1, 0.15) is 12.8 Å². The Morgan fingerprint density at radius 1 is 0.880 bits per heavy atom. The van der Waals surface area contributed by atoms with Crippen molar-refractivity contribution < 1.29 is 0 Å². The predicted molar refractivity (Wildman–Crippen MR) is 106 cm³/mol. The first-order valence-electron chi connectivity index (χ1n) is 8.50. The molecule has 0 saturated carbocycles. The first-order chi connectivity index (χ1) is 12.3. The van der Waals surface area contributed by atoms with E-state index in [1.54, 1.807) is 0 Å². The molecule has 0 radical (unpaired) electrons. The van der Waals surface area contributed by atoms with E-state index in [0.717, 1.165) is 40.3 Å². The molecule has 0 bridgehead atoms. The highest BCUT2D eigenvalue weighted by Gasteiger charge is 2.16. The minimum Gasteiger partial charge on any atom is -0.356 e. The van der Waals surface area contributed by atoms with Crippen LogP contribution in [0.4, 0.5) is 17.5 Å². The van der Waals surface area contributed by atoms with Gasteiger partial charge in [0, 0.05) is 29.2 Å². The molecule has 1 aliphatic heterocycles. The fourth-order valence-electron chi connectivity index (χ4n) is 3.04. The largest absolute Gasteiger partial charge is 0.356 e. The van der Waals surface area contributed by atoms with Gasteiger partial charge in [0.05, 0.1) is 11.4 Å². The number of nitrogens with one attached hydrogen (secondary N) is 1. The first-order valence-corrected chi connectivity index (χ1v) is 9.30. The van der Waals surface area contributed by atoms with Crippen molar-refractivity contribution in [2.45, 2.75) is 12.8 Å². The van der Waals surface area contributed by atoms with Crippen LogP contribution in [0.25, 0.3) is 11.3 Å². The molecule has 1 fully saturated rings. The van der Waals surface area contributed by atoms with Crippen LogP contribution in [-0.4, -0.2) is 23.1 Å². The van der Waals surface area contributed by atoms with Gasteiger partial charge in [0.15, 0.2) is 0 Å². The molecular weight excluding hydrogens is 376 g/mol. The number of halogens is 1. The zero-order valence-corrected chi connectivity index (χ0v) is 15.4. The van der Waals surface area contributed by atoms with Crippen LogP contribution in [0.15, 0.2) is 65.1 Å². The molecule has 1 aromatic heterocycles. The maximum atomic E-state index is 4.76. The van der Waals surface area contributed by atoms with Crippen molar-refractivity contribution in [3.63, 3.8) is 0 Å². The maximum absolute atomic E-state index is 4.76. The third-order valence-electron chi connectivity index (χ3n) is 4.33. The summed E-state index contributed by atoms with van der Waals surface area (Å²) in [6.07, 6.45) is 2.44. The standard InChI is InChI=1S/C20H19BrN4/c21-16-10-4-5-11-17(16)22-20-23-18(15-8-2-1-3-9-15)14-19(24-20)25-12-6-7-13-25/h1-5,8-11,14H,6-7,12-13H2,(H,22,23,24). The van der Waals surface area contributed by atoms with Crippen molar-refractivity contribution >= 4 is 33.4 Å². The van der Waals surface area contributed by atoms with Crippen LogP contribution in [0.2, 0.25) is 0 Å². The molecule has 25 heavy (non-hydrogen) atoms. The minimum atomic E-state index is 0.621. The zero-order chi connectivity index (χ0) is 17.1. The van der Waals surface area contributed by atoms with Crippen LogP contribution in [0.5, 0.6) is 0 Å². The number of nitrogens with zero attached hydrogens (tertiary/aromatic N) is 3. The fraction of sp³-hybridized carbons (Fsp3) is 0.200. The molecule has 0 unspecified atom stereocenters. The molecule has 1 aliphatic rings. The molecule has 1 saturated heterocycles. The molecule has 1 N–H and O–H groups in total. The summed E-state index contributed by atoms with van der Waals surface area (Å²) in [6.45, 7) is 2.11. The molecule has 4 nitrogen and oxygen atoms in total. The van der Waals surface area contributed by atoms with Gasteiger partial charge in [0.1, 0.15) is 5.82 Å². The van der Waals surface area contributed by atoms with E-state index in [-0.39, 0.29) is 0 Å². The summed E-state index contributed by atoms with van der Waals surface area (Å²) >= 11 is 3.57. The van der Waals surface area contributed by atoms with Gasteiger partial charge < -0.3 is 10.2 Å². The highest BCUT2D eigenvalue weighted by molar-refractivity contribution is 9.10. The highest BCUT2D eigenvalue weighted by atomic mass is 79.9. The zero-order valence-electron chi connectivity index (χ0n) is 13.8. The van der Waals surface area contributed by atoms with Gasteiger partial charge in [-0.2, -0.15) is 4.98 Å². The average molecular weight is 395 g/mol. The highest BCUT2D eigenvalue weighted by Crippen LogP contribution is 2.29. The number of hydrogen-bond donors (Lipinski definition) is 1. The molecule has 0 spiro atoms. The molecule has 3 aromatic rings. The van der Waals surface area contributed by atoms with Gasteiger partial charge in [-0.3, -0.25) is 0 Å². The molecule has 0 atom stereocenters. The molecular formula is C20H19BrN4. The van der Waals surface area contributed by atoms with Crippen molar-refractivity contribution in [2.75, 3.05) is 23.3 Å². The van der Waals surface area contributed by atoms with Crippen LogP contribution in [0, 0.1) is 0 Å². The van der Waals surface area contributed by atoms with Gasteiger partial charge in [0.25, 0.3) is 0 Å². The van der Waals surface area contributed by atoms with Crippen LogP contribution < -0.4 is 10.2 Å². The summed E-state index contributed by atoms with van der Waals surface area (Å²) in [5, 5.41) is 3.35. The van der Waals surface area contributed by atoms with Crippen LogP contribution in [0.3, 0.4) is 0 Å². The summed E-state index contributed by atoms with van der Waals surface area (Å²) < 4.78 is 0.992. The van der Waals surface area contributed by atoms with Crippen LogP contribution in [-0.2, 0) is 0 Å². The number of para-hydroxylation sites is 1. The number of aromatic nitrogens is 2. The van der Waals surface area contributed by atoms with Gasteiger partial charge in [-0.15, -0.1) is 0 Å². The first kappa shape index (κ1) is 16.1. The molecule has 2 heterocycles. The number of benzene rings is 2. The Kier molecular flexibility index (Phi) is 4.65. The van der Waals surface area contributed by atoms with E-state index in [4.69, 9.17) is 9.97 Å². The summed E-state index contributed by atoms with van der Waals surface area (Å²) in [6, 6.07) is 20.3. The fourth-order valence-corrected chi connectivity index (χ4v) is 3.42. The molecule has 4 rings (SSSR count). The Labute approximate surface area is 156 Å². The van der Waals surface area contributed by atoms with Gasteiger partial charge in [-0.05, 0) is 40.9 Å². The SMILES string of the molecule is Brc1ccccc1Nc1nc(-c2ccccc2)cc(N2CCCC2)n1. The van der Waals surface area contributed by atoms with Crippen LogP contribution >= 0.6 is 15.9 Å². The second-order valence-corrected chi connectivity index (χ2v) is 6.95. The Morgan fingerprint density at radius 2 is 1.60 bits per heavy atom. The van der Waals surface area contributed by atoms with E-state index in [1.165, 1.54) is 12.8 Å². The number of rotatable bonds is 4. The average Bonchev–Trinajstić information content (AvgIpc) is 3.19. The van der Waals surface area contributed by atoms with E-state index in [9.17, 15) is 0 Å². The lowest BCUT2D eigenvalue weighted by Gasteiger charge is -2.18. The van der Waals surface area contributed by atoms with Gasteiger partial charge in [-0.1, -0.05) is 42.5 Å². The van der Waals surface area contributed by atoms with E-state index in [2.05, 4.69) is 44.3 Å². The van der Waals surface area contributed by atoms with E-state index in [1.807, 2.05) is 42.5 Å². The van der Waals surface area contributed by atoms with Crippen molar-refractivity contribution in [1.82, 2.24) is 9.97 Å². The second kappa shape index (κ2) is 7.23. The molecule has 0 amide bonds. The lowest BCUT2D eigenvalue weighted by molar-refractivity contribution is 0.931. The molecule has 5 heteroatoms. The summed E-state index contributed by atoms with van der Waals surface area (Å²) in [5.74, 6) is 1.61. The van der Waals surface area contributed by atoms with Crippen molar-refractivity contribution in [3.05, 3.63) is 65.1 Å². The topological polar surface area (TPSA) is 41.1 Å². The predicted octanol–water partition coefficient (Wildman–Crippen LogP) is 5.25. The number of anilines is 3. The summed E-state index contributed by atoms with van der Waals surface area (Å²) in [4.78, 5) is 11.8. The monoisotopic (exact) mass is 394 g/mol. The second-order valence-electron chi connectivity index (χ2n) is 6.10. The Morgan fingerprint density at radius 3 is 2.36 bits per heavy atom. The Balaban J connectivity index is 1.74. The lowest BCUT2D eigenvalue weighted by Crippen LogP contribution is -2.19. The van der Waals surface area contributed by atoms with Crippen molar-refractivity contribution in [3.8, 4) is 11.3 Å². The van der Waals surface area contributed by atoms with Crippen molar-refractivity contribution in [1.29, 1.82) is 0 Å². The van der Waals surface area contributed by atoms with Gasteiger partial charge >= 0.3 is 0 Å². The number of hydrogen-bond acceptors (Lipinski definition) is 4. The molecule has 126 valence electrons. The summed E-state index contributed by atoms with van der Waals surface area (Å²) in [7, 11) is 0. The normalized spacial score (nSPS) is 13.9. The minimum absolute atomic E-state index is 0.621. The molecule has 0 aliphatic carbocycles. The van der Waals surface area contributed by atoms with E-state index < -0.39 is 0 Å². The van der Waals surface area contributed by atoms with Crippen molar-refractivity contribution in [2.24, 2.45) is 0 Å². The molecule has 2 aromatic carbocycles. The van der Waals surface area contributed by atoms with Gasteiger partial charge in [-0.25, -0.2) is 4.98 Å². The van der Waals surface area contributed by atoms with E-state index >= 15 is 0 Å². The lowest BCUT2D eigenvalue weighted by atomic mass is 10.1. The summed E-state index contributed by atoms with van der Waals surface area (Å²) in [5.41, 5.74) is 2.99. The Bertz CT molecular complexity index is 861. The van der Waals surface area contributed by atoms with Gasteiger partial charge in [0.2, 0.25) is 5.95 Å². The maximum Gasteiger partial charge on any atom is 0.229 e. The third-order valence-corrected chi connectivity index (χ3v) is 5.02. The Hall–Kier alpha value is -2.40. The quantitative estimate of drug-likeness (QED) is 0.655. The smallest absolute Gasteiger partial charge is 0.229 e. The van der Waals surface area contributed by atoms with E-state index in [0.29, 0.717) is 5.95 Å². The third kappa shape index (κ3) is 3.66.